The summed E-state index contributed by atoms with van der Waals surface area (Å²) in [5.74, 6) is 1.12. The van der Waals surface area contributed by atoms with Gasteiger partial charge in [-0.15, -0.1) is 0 Å². The highest BCUT2D eigenvalue weighted by Crippen LogP contribution is 2.36. The number of aliphatic hydroxyl groups is 1. The van der Waals surface area contributed by atoms with E-state index in [1.54, 1.807) is 53.7 Å². The number of likely N-dealkylation sites (N-methyl/N-ethyl adjacent to an activating group) is 1. The molecule has 3 aromatic rings. The summed E-state index contributed by atoms with van der Waals surface area (Å²) in [5.41, 5.74) is 2.32. The van der Waals surface area contributed by atoms with Crippen LogP contribution in [0.15, 0.2) is 60.9 Å². The van der Waals surface area contributed by atoms with Gasteiger partial charge < -0.3 is 34.9 Å². The van der Waals surface area contributed by atoms with Gasteiger partial charge in [-0.05, 0) is 55.9 Å². The van der Waals surface area contributed by atoms with Gasteiger partial charge in [-0.2, -0.15) is 0 Å². The zero-order chi connectivity index (χ0) is 28.9. The second-order valence-corrected chi connectivity index (χ2v) is 10.5. The van der Waals surface area contributed by atoms with Crippen molar-refractivity contribution in [3.8, 4) is 17.2 Å². The van der Waals surface area contributed by atoms with Crippen LogP contribution in [0.3, 0.4) is 0 Å². The van der Waals surface area contributed by atoms with Crippen LogP contribution < -0.4 is 24.8 Å². The van der Waals surface area contributed by atoms with Crippen LogP contribution in [0.2, 0.25) is 0 Å². The van der Waals surface area contributed by atoms with E-state index >= 15 is 0 Å². The summed E-state index contributed by atoms with van der Waals surface area (Å²) in [4.78, 5) is 34.7. The van der Waals surface area contributed by atoms with Gasteiger partial charge in [0.05, 0.1) is 23.9 Å². The number of benzene rings is 2. The van der Waals surface area contributed by atoms with E-state index in [9.17, 15) is 14.7 Å². The van der Waals surface area contributed by atoms with Gasteiger partial charge in [0, 0.05) is 49.7 Å². The molecule has 11 heteroatoms. The fourth-order valence-electron chi connectivity index (χ4n) is 4.99. The molecule has 0 aliphatic carbocycles. The molecule has 0 bridgehead atoms. The largest absolute Gasteiger partial charge is 0.486 e. The molecule has 0 radical (unpaired) electrons. The average Bonchev–Trinajstić information content (AvgIpc) is 3.43. The third-order valence-electron chi connectivity index (χ3n) is 7.26. The average molecular weight is 562 g/mol. The minimum absolute atomic E-state index is 0.0727. The Hall–Kier alpha value is -4.35. The highest BCUT2D eigenvalue weighted by Gasteiger charge is 2.34. The summed E-state index contributed by atoms with van der Waals surface area (Å²) < 4.78 is 17.3. The summed E-state index contributed by atoms with van der Waals surface area (Å²) in [6.07, 6.45) is 3.21. The number of pyridine rings is 1. The van der Waals surface area contributed by atoms with Crippen LogP contribution in [0.1, 0.15) is 29.8 Å². The predicted octanol–water partition coefficient (Wildman–Crippen LogP) is 3.81. The Balaban J connectivity index is 1.41. The molecular weight excluding hydrogens is 526 g/mol. The number of ether oxygens (including phenoxy) is 3. The molecule has 0 fully saturated rings. The maximum Gasteiger partial charge on any atom is 0.323 e. The Morgan fingerprint density at radius 1 is 1.15 bits per heavy atom. The van der Waals surface area contributed by atoms with Crippen LogP contribution in [0.25, 0.3) is 0 Å². The highest BCUT2D eigenvalue weighted by molar-refractivity contribution is 6.04. The summed E-state index contributed by atoms with van der Waals surface area (Å²) in [6, 6.07) is 13.3. The Morgan fingerprint density at radius 2 is 1.93 bits per heavy atom. The van der Waals surface area contributed by atoms with E-state index in [1.165, 1.54) is 0 Å². The normalized spacial score (nSPS) is 18.7. The standard InChI is InChI=1S/C30H35N5O6/c1-19-14-35(20(2)17-36)29(37)23-5-4-6-24(33-30(38)32-22-7-8-25-26(13-22)40-18-39-25)28(23)41-27(19)16-34(3)15-21-9-11-31-12-10-21/h4-13,19-20,27,36H,14-18H2,1-3H3,(H2,32,33,38)/t19-,20-,27+/m1/s1. The van der Waals surface area contributed by atoms with Gasteiger partial charge in [0.25, 0.3) is 5.91 Å². The molecule has 11 nitrogen and oxygen atoms in total. The number of amides is 3. The van der Waals surface area contributed by atoms with E-state index in [4.69, 9.17) is 14.2 Å². The Kier molecular flexibility index (Phi) is 8.55. The van der Waals surface area contributed by atoms with Crippen LogP contribution >= 0.6 is 0 Å². The van der Waals surface area contributed by atoms with Crippen LogP contribution in [-0.2, 0) is 6.54 Å². The molecule has 2 aliphatic heterocycles. The second kappa shape index (κ2) is 12.4. The molecule has 0 unspecified atom stereocenters. The van der Waals surface area contributed by atoms with E-state index in [2.05, 4.69) is 20.5 Å². The van der Waals surface area contributed by atoms with Gasteiger partial charge >= 0.3 is 6.03 Å². The van der Waals surface area contributed by atoms with Gasteiger partial charge in [0.2, 0.25) is 6.79 Å². The molecule has 2 aromatic carbocycles. The minimum atomic E-state index is -0.504. The van der Waals surface area contributed by atoms with Crippen LogP contribution in [-0.4, -0.2) is 77.5 Å². The number of hydrogen-bond donors (Lipinski definition) is 3. The van der Waals surface area contributed by atoms with Crippen molar-refractivity contribution in [3.05, 3.63) is 72.1 Å². The van der Waals surface area contributed by atoms with Crippen molar-refractivity contribution in [2.24, 2.45) is 5.92 Å². The first-order chi connectivity index (χ1) is 19.8. The first kappa shape index (κ1) is 28.2. The lowest BCUT2D eigenvalue weighted by atomic mass is 9.99. The number of rotatable bonds is 8. The molecule has 0 spiro atoms. The van der Waals surface area contributed by atoms with Crippen LogP contribution in [0.5, 0.6) is 17.2 Å². The predicted molar refractivity (Wildman–Crippen MR) is 153 cm³/mol. The molecule has 0 saturated carbocycles. The maximum absolute atomic E-state index is 13.7. The quantitative estimate of drug-likeness (QED) is 0.379. The van der Waals surface area contributed by atoms with Crippen molar-refractivity contribution >= 4 is 23.3 Å². The first-order valence-electron chi connectivity index (χ1n) is 13.6. The Morgan fingerprint density at radius 3 is 2.71 bits per heavy atom. The highest BCUT2D eigenvalue weighted by atomic mass is 16.7. The maximum atomic E-state index is 13.7. The summed E-state index contributed by atoms with van der Waals surface area (Å²) >= 11 is 0. The molecule has 1 aromatic heterocycles. The number of para-hydroxylation sites is 1. The monoisotopic (exact) mass is 561 g/mol. The molecule has 0 saturated heterocycles. The van der Waals surface area contributed by atoms with Gasteiger partial charge in [0.15, 0.2) is 17.2 Å². The van der Waals surface area contributed by atoms with Gasteiger partial charge in [0.1, 0.15) is 6.10 Å². The molecule has 41 heavy (non-hydrogen) atoms. The molecule has 3 N–H and O–H groups in total. The number of carbonyl (C=O) groups is 2. The number of anilines is 2. The number of fused-ring (bicyclic) bond motifs is 2. The molecule has 3 heterocycles. The Labute approximate surface area is 239 Å². The second-order valence-electron chi connectivity index (χ2n) is 10.5. The van der Waals surface area contributed by atoms with Crippen molar-refractivity contribution in [1.82, 2.24) is 14.8 Å². The molecule has 3 atom stereocenters. The number of nitrogens with zero attached hydrogens (tertiary/aromatic N) is 3. The zero-order valence-corrected chi connectivity index (χ0v) is 23.4. The smallest absolute Gasteiger partial charge is 0.323 e. The van der Waals surface area contributed by atoms with Crippen molar-refractivity contribution in [1.29, 1.82) is 0 Å². The number of carbonyl (C=O) groups excluding carboxylic acids is 2. The summed E-state index contributed by atoms with van der Waals surface area (Å²) in [7, 11) is 2.01. The van der Waals surface area contributed by atoms with Crippen molar-refractivity contribution < 1.29 is 28.9 Å². The molecule has 216 valence electrons. The number of aromatic nitrogens is 1. The number of aliphatic hydroxyl groups excluding tert-OH is 1. The fraction of sp³-hybridized carbons (Fsp3) is 0.367. The summed E-state index contributed by atoms with van der Waals surface area (Å²) in [5, 5.41) is 15.6. The molecule has 3 amide bonds. The van der Waals surface area contributed by atoms with Crippen molar-refractivity contribution in [2.75, 3.05) is 44.2 Å². The van der Waals surface area contributed by atoms with E-state index in [-0.39, 0.29) is 31.3 Å². The van der Waals surface area contributed by atoms with E-state index in [1.807, 2.05) is 33.0 Å². The fourth-order valence-corrected chi connectivity index (χ4v) is 4.99. The number of urea groups is 1. The van der Waals surface area contributed by atoms with Crippen LogP contribution in [0, 0.1) is 5.92 Å². The SMILES string of the molecule is C[C@@H]1CN([C@H](C)CO)C(=O)c2cccc(NC(=O)Nc3ccc4c(c3)OCO4)c2O[C@H]1CN(C)Cc1ccncc1. The lowest BCUT2D eigenvalue weighted by Crippen LogP contribution is -2.49. The topological polar surface area (TPSA) is 125 Å². The lowest BCUT2D eigenvalue weighted by Gasteiger charge is -2.38. The van der Waals surface area contributed by atoms with Gasteiger partial charge in [-0.3, -0.25) is 14.7 Å². The molecule has 2 aliphatic rings. The van der Waals surface area contributed by atoms with E-state index in [0.29, 0.717) is 53.8 Å². The molecular formula is C30H35N5O6. The van der Waals surface area contributed by atoms with Crippen molar-refractivity contribution in [2.45, 2.75) is 32.5 Å². The number of nitrogens with one attached hydrogen (secondary N) is 2. The van der Waals surface area contributed by atoms with E-state index in [0.717, 1.165) is 5.56 Å². The first-order valence-corrected chi connectivity index (χ1v) is 13.6. The molecule has 5 rings (SSSR count). The van der Waals surface area contributed by atoms with E-state index < -0.39 is 12.1 Å². The van der Waals surface area contributed by atoms with Gasteiger partial charge in [-0.25, -0.2) is 4.79 Å². The Bertz CT molecular complexity index is 1390. The van der Waals surface area contributed by atoms with Gasteiger partial charge in [-0.1, -0.05) is 13.0 Å². The minimum Gasteiger partial charge on any atom is -0.486 e. The third kappa shape index (κ3) is 6.53. The van der Waals surface area contributed by atoms with Crippen molar-refractivity contribution in [3.63, 3.8) is 0 Å². The number of hydrogen-bond acceptors (Lipinski definition) is 8. The third-order valence-corrected chi connectivity index (χ3v) is 7.26. The van der Waals surface area contributed by atoms with Crippen LogP contribution in [0.4, 0.5) is 16.2 Å². The zero-order valence-electron chi connectivity index (χ0n) is 23.4. The summed E-state index contributed by atoms with van der Waals surface area (Å²) in [6.45, 7) is 5.48. The lowest BCUT2D eigenvalue weighted by molar-refractivity contribution is 0.0343.